The van der Waals surface area contributed by atoms with Gasteiger partial charge < -0.3 is 20.6 Å². The molecule has 1 atom stereocenters. The van der Waals surface area contributed by atoms with E-state index in [9.17, 15) is 0 Å². The van der Waals surface area contributed by atoms with E-state index >= 15 is 0 Å². The molecular weight excluding hydrogens is 382 g/mol. The molecule has 1 aromatic heterocycles. The predicted octanol–water partition coefficient (Wildman–Crippen LogP) is 4.66. The average molecular weight is 414 g/mol. The number of fused-ring (bicyclic) bond motifs is 1. The zero-order valence-corrected chi connectivity index (χ0v) is 18.3. The van der Waals surface area contributed by atoms with Crippen LogP contribution in [-0.2, 0) is 17.6 Å². The molecule has 0 fully saturated rings. The number of benzene rings is 1. The second-order valence-corrected chi connectivity index (χ2v) is 8.67. The first-order valence-electron chi connectivity index (χ1n) is 10.3. The van der Waals surface area contributed by atoms with Gasteiger partial charge in [-0.1, -0.05) is 18.2 Å². The molecule has 3 N–H and O–H groups in total. The van der Waals surface area contributed by atoms with Gasteiger partial charge in [0.15, 0.2) is 0 Å². The van der Waals surface area contributed by atoms with E-state index in [1.165, 1.54) is 21.6 Å². The first-order chi connectivity index (χ1) is 14.0. The molecule has 5 nitrogen and oxygen atoms in total. The molecule has 1 aliphatic carbocycles. The number of nitrogens with one attached hydrogen (secondary N) is 2. The summed E-state index contributed by atoms with van der Waals surface area (Å²) >= 11 is 1.72. The van der Waals surface area contributed by atoms with E-state index in [-0.39, 0.29) is 12.7 Å². The minimum absolute atomic E-state index is 0.0730. The minimum Gasteiger partial charge on any atom is -0.489 e. The quantitative estimate of drug-likeness (QED) is 0.391. The van der Waals surface area contributed by atoms with Gasteiger partial charge in [0.1, 0.15) is 5.76 Å². The van der Waals surface area contributed by atoms with Crippen LogP contribution in [-0.4, -0.2) is 35.1 Å². The van der Waals surface area contributed by atoms with Crippen LogP contribution in [0, 0.1) is 5.41 Å². The second-order valence-electron chi connectivity index (χ2n) is 7.56. The van der Waals surface area contributed by atoms with Crippen molar-refractivity contribution in [3.05, 3.63) is 52.4 Å². The lowest BCUT2D eigenvalue weighted by Gasteiger charge is -2.14. The topological polar surface area (TPSA) is 78.2 Å². The number of aliphatic hydroxyl groups excluding tert-OH is 1. The van der Waals surface area contributed by atoms with Crippen molar-refractivity contribution < 1.29 is 9.84 Å². The highest BCUT2D eigenvalue weighted by Gasteiger charge is 2.25. The highest BCUT2D eigenvalue weighted by Crippen LogP contribution is 2.39. The largest absolute Gasteiger partial charge is 0.489 e. The highest BCUT2D eigenvalue weighted by molar-refractivity contribution is 7.15. The minimum atomic E-state index is 0.0730. The fraction of sp³-hybridized carbons (Fsp3) is 0.478. The van der Waals surface area contributed by atoms with E-state index in [0.29, 0.717) is 30.5 Å². The summed E-state index contributed by atoms with van der Waals surface area (Å²) in [6.45, 7) is 6.65. The molecule has 0 saturated carbocycles. The Bertz CT molecular complexity index is 873. The molecule has 1 unspecified atom stereocenters. The molecule has 1 aromatic carbocycles. The molecule has 0 saturated heterocycles. The number of aliphatic hydroxyl groups is 1. The molecular formula is C23H31N3O2S. The van der Waals surface area contributed by atoms with Gasteiger partial charge in [-0.2, -0.15) is 0 Å². The van der Waals surface area contributed by atoms with E-state index in [1.54, 1.807) is 11.3 Å². The number of hydrogen-bond donors (Lipinski definition) is 3. The van der Waals surface area contributed by atoms with Gasteiger partial charge >= 0.3 is 0 Å². The number of aryl methyl sites for hydroxylation is 1. The monoisotopic (exact) mass is 413 g/mol. The summed E-state index contributed by atoms with van der Waals surface area (Å²) in [6, 6.07) is 6.81. The Labute approximate surface area is 177 Å². The summed E-state index contributed by atoms with van der Waals surface area (Å²) in [5.41, 5.74) is 4.53. The number of hydrogen-bond acceptors (Lipinski definition) is 6. The van der Waals surface area contributed by atoms with Crippen LogP contribution in [0.1, 0.15) is 55.8 Å². The molecule has 0 spiro atoms. The molecule has 6 heteroatoms. The standard InChI is InChI=1S/C23H31N3O2S/c1-4-21(28-15(2)3)19(24)9-11-23-26-14-22(29-23)18-7-5-6-17-16(18)8-10-20(17)25-12-13-27/h4-7,14-15,20,24-25,27H,8-13H2,1-3H3/b21-4+,24-19?. The van der Waals surface area contributed by atoms with E-state index < -0.39 is 0 Å². The number of aromatic nitrogens is 1. The molecule has 3 rings (SSSR count). The maximum Gasteiger partial charge on any atom is 0.136 e. The van der Waals surface area contributed by atoms with Crippen LogP contribution < -0.4 is 5.32 Å². The third-order valence-corrected chi connectivity index (χ3v) is 6.19. The predicted molar refractivity (Wildman–Crippen MR) is 120 cm³/mol. The molecule has 1 heterocycles. The zero-order valence-electron chi connectivity index (χ0n) is 17.5. The lowest BCUT2D eigenvalue weighted by molar-refractivity contribution is 0.162. The van der Waals surface area contributed by atoms with Crippen molar-refractivity contribution in [3.63, 3.8) is 0 Å². The van der Waals surface area contributed by atoms with Gasteiger partial charge in [0.05, 0.1) is 28.3 Å². The summed E-state index contributed by atoms with van der Waals surface area (Å²) in [4.78, 5) is 5.81. The molecule has 0 radical (unpaired) electrons. The van der Waals surface area contributed by atoms with Crippen LogP contribution >= 0.6 is 11.3 Å². The average Bonchev–Trinajstić information content (AvgIpc) is 3.35. The van der Waals surface area contributed by atoms with Crippen LogP contribution in [0.2, 0.25) is 0 Å². The Morgan fingerprint density at radius 1 is 1.45 bits per heavy atom. The fourth-order valence-corrected chi connectivity index (χ4v) is 4.78. The van der Waals surface area contributed by atoms with Crippen molar-refractivity contribution in [2.45, 2.75) is 58.6 Å². The van der Waals surface area contributed by atoms with Gasteiger partial charge in [-0.25, -0.2) is 4.98 Å². The summed E-state index contributed by atoms with van der Waals surface area (Å²) in [5, 5.41) is 21.9. The van der Waals surface area contributed by atoms with Crippen LogP contribution in [0.3, 0.4) is 0 Å². The number of allylic oxidation sites excluding steroid dienone is 2. The third-order valence-electron chi connectivity index (χ3n) is 5.10. The Morgan fingerprint density at radius 3 is 3.00 bits per heavy atom. The van der Waals surface area contributed by atoms with Crippen LogP contribution in [0.4, 0.5) is 0 Å². The van der Waals surface area contributed by atoms with Gasteiger partial charge in [-0.15, -0.1) is 11.3 Å². The summed E-state index contributed by atoms with van der Waals surface area (Å²) in [6.07, 6.45) is 7.39. The highest BCUT2D eigenvalue weighted by atomic mass is 32.1. The first-order valence-corrected chi connectivity index (χ1v) is 11.2. The fourth-order valence-electron chi connectivity index (χ4n) is 3.81. The number of thiazole rings is 1. The number of nitrogens with zero attached hydrogens (tertiary/aromatic N) is 1. The summed E-state index contributed by atoms with van der Waals surface area (Å²) < 4.78 is 5.71. The summed E-state index contributed by atoms with van der Waals surface area (Å²) in [7, 11) is 0. The Balaban J connectivity index is 1.68. The molecule has 0 amide bonds. The van der Waals surface area contributed by atoms with Crippen LogP contribution in [0.5, 0.6) is 0 Å². The maximum absolute atomic E-state index is 9.10. The van der Waals surface area contributed by atoms with Crippen molar-refractivity contribution in [2.75, 3.05) is 13.2 Å². The van der Waals surface area contributed by atoms with Crippen molar-refractivity contribution in [1.82, 2.24) is 10.3 Å². The van der Waals surface area contributed by atoms with Crippen molar-refractivity contribution in [3.8, 4) is 10.4 Å². The number of rotatable bonds is 10. The maximum atomic E-state index is 9.10. The van der Waals surface area contributed by atoms with Crippen molar-refractivity contribution >= 4 is 17.0 Å². The van der Waals surface area contributed by atoms with Gasteiger partial charge in [-0.3, -0.25) is 0 Å². The van der Waals surface area contributed by atoms with Crippen LogP contribution in [0.15, 0.2) is 36.2 Å². The Morgan fingerprint density at radius 2 is 2.28 bits per heavy atom. The number of ether oxygens (including phenoxy) is 1. The molecule has 156 valence electrons. The molecule has 0 aliphatic heterocycles. The first kappa shape index (κ1) is 21.7. The molecule has 1 aliphatic rings. The molecule has 2 aromatic rings. The molecule has 29 heavy (non-hydrogen) atoms. The lowest BCUT2D eigenvalue weighted by Crippen LogP contribution is -2.22. The lowest BCUT2D eigenvalue weighted by atomic mass is 10.0. The van der Waals surface area contributed by atoms with E-state index in [1.807, 2.05) is 33.0 Å². The summed E-state index contributed by atoms with van der Waals surface area (Å²) in [5.74, 6) is 0.666. The Hall–Kier alpha value is -2.02. The zero-order chi connectivity index (χ0) is 20.8. The van der Waals surface area contributed by atoms with Gasteiger partial charge in [0, 0.05) is 25.2 Å². The normalized spacial score (nSPS) is 16.3. The SMILES string of the molecule is C/C=C(/OC(C)C)C(=N)CCc1ncc(-c2cccc3c2CCC3NCCO)s1. The third kappa shape index (κ3) is 5.32. The van der Waals surface area contributed by atoms with E-state index in [0.717, 1.165) is 24.3 Å². The second kappa shape index (κ2) is 10.1. The van der Waals surface area contributed by atoms with Crippen molar-refractivity contribution in [1.29, 1.82) is 5.41 Å². The van der Waals surface area contributed by atoms with Crippen LogP contribution in [0.25, 0.3) is 10.4 Å². The van der Waals surface area contributed by atoms with Gasteiger partial charge in [0.25, 0.3) is 0 Å². The van der Waals surface area contributed by atoms with Gasteiger partial charge in [-0.05, 0) is 62.8 Å². The van der Waals surface area contributed by atoms with E-state index in [2.05, 4.69) is 28.5 Å². The van der Waals surface area contributed by atoms with Gasteiger partial charge in [0.2, 0.25) is 0 Å². The van der Waals surface area contributed by atoms with E-state index in [4.69, 9.17) is 15.3 Å². The van der Waals surface area contributed by atoms with Crippen molar-refractivity contribution in [2.24, 2.45) is 0 Å². The smallest absolute Gasteiger partial charge is 0.136 e. The molecule has 0 bridgehead atoms. The Kier molecular flexibility index (Phi) is 7.58.